The minimum Gasteiger partial charge on any atom is -0.199 e. The van der Waals surface area contributed by atoms with Crippen molar-refractivity contribution in [3.8, 4) is 0 Å². The summed E-state index contributed by atoms with van der Waals surface area (Å²) in [5, 5.41) is 0. The first-order chi connectivity index (χ1) is 9.16. The van der Waals surface area contributed by atoms with E-state index in [1.54, 1.807) is 0 Å². The van der Waals surface area contributed by atoms with Crippen molar-refractivity contribution in [1.82, 2.24) is 0 Å². The largest absolute Gasteiger partial charge is 0.459 e. The van der Waals surface area contributed by atoms with Gasteiger partial charge in [0, 0.05) is 0 Å². The second-order valence-corrected chi connectivity index (χ2v) is 4.79. The van der Waals surface area contributed by atoms with Gasteiger partial charge < -0.3 is 0 Å². The minimum atomic E-state index is -7.08. The van der Waals surface area contributed by atoms with E-state index in [2.05, 4.69) is 0 Å². The van der Waals surface area contributed by atoms with Crippen LogP contribution in [-0.4, -0.2) is 30.4 Å². The highest BCUT2D eigenvalue weighted by Crippen LogP contribution is 2.59. The highest BCUT2D eigenvalue weighted by molar-refractivity contribution is 5.03. The fraction of sp³-hybridized carbons (Fsp3) is 1.00. The van der Waals surface area contributed by atoms with Crippen LogP contribution in [0.1, 0.15) is 19.8 Å². The van der Waals surface area contributed by atoms with Gasteiger partial charge in [0.2, 0.25) is 0 Å². The van der Waals surface area contributed by atoms with Gasteiger partial charge in [0.15, 0.2) is 0 Å². The molecule has 0 aliphatic heterocycles. The molecule has 0 aliphatic carbocycles. The average Bonchev–Trinajstić information content (AvgIpc) is 2.08. The van der Waals surface area contributed by atoms with Crippen molar-refractivity contribution in [2.45, 2.75) is 50.1 Å². The average molecular weight is 362 g/mol. The molecule has 0 saturated heterocycles. The molecule has 0 aromatic rings. The number of halogens is 13. The Morgan fingerprint density at radius 1 is 0.500 bits per heavy atom. The maximum atomic E-state index is 13.3. The van der Waals surface area contributed by atoms with Crippen molar-refractivity contribution >= 4 is 0 Å². The van der Waals surface area contributed by atoms with Crippen molar-refractivity contribution < 1.29 is 57.1 Å². The summed E-state index contributed by atoms with van der Waals surface area (Å²) < 4.78 is 161. The summed E-state index contributed by atoms with van der Waals surface area (Å²) in [7, 11) is 0. The molecule has 0 aromatic carbocycles. The third-order valence-electron chi connectivity index (χ3n) is 2.69. The summed E-state index contributed by atoms with van der Waals surface area (Å²) in [5.41, 5.74) is -4.75. The second kappa shape index (κ2) is 5.32. The predicted octanol–water partition coefficient (Wildman–Crippen LogP) is 5.73. The number of hydrogen-bond donors (Lipinski definition) is 0. The van der Waals surface area contributed by atoms with Crippen LogP contribution in [0.15, 0.2) is 0 Å². The van der Waals surface area contributed by atoms with Gasteiger partial charge in [-0.1, -0.05) is 6.92 Å². The van der Waals surface area contributed by atoms with E-state index >= 15 is 0 Å². The fourth-order valence-electron chi connectivity index (χ4n) is 1.73. The molecule has 0 unspecified atom stereocenters. The Labute approximate surface area is 114 Å². The summed E-state index contributed by atoms with van der Waals surface area (Å²) in [4.78, 5) is 0. The first kappa shape index (κ1) is 21.1. The molecular weight excluding hydrogens is 355 g/mol. The van der Waals surface area contributed by atoms with E-state index in [-0.39, 0.29) is 0 Å². The number of rotatable bonds is 4. The number of hydrogen-bond acceptors (Lipinski definition) is 0. The van der Waals surface area contributed by atoms with Crippen molar-refractivity contribution in [3.05, 3.63) is 0 Å². The van der Waals surface area contributed by atoms with Crippen LogP contribution in [0.25, 0.3) is 0 Å². The molecule has 0 aromatic heterocycles. The van der Waals surface area contributed by atoms with Crippen LogP contribution in [0.4, 0.5) is 57.1 Å². The van der Waals surface area contributed by atoms with Crippen molar-refractivity contribution in [1.29, 1.82) is 0 Å². The third-order valence-corrected chi connectivity index (χ3v) is 2.69. The molecule has 0 heterocycles. The summed E-state index contributed by atoms with van der Waals surface area (Å²) in [6.07, 6.45) is -25.1. The first-order valence-corrected chi connectivity index (χ1v) is 5.12. The molecule has 0 atom stereocenters. The Hall–Kier alpha value is -0.910. The SMILES string of the molecule is CC(CC(F)(F)F)(CC(F)(F)F)C(F)(F)C(F)(F)C(F)(F)F. The molecule has 0 amide bonds. The van der Waals surface area contributed by atoms with E-state index in [4.69, 9.17) is 0 Å². The quantitative estimate of drug-likeness (QED) is 0.561. The fourth-order valence-corrected chi connectivity index (χ4v) is 1.73. The van der Waals surface area contributed by atoms with Crippen molar-refractivity contribution in [3.63, 3.8) is 0 Å². The topological polar surface area (TPSA) is 0 Å². The smallest absolute Gasteiger partial charge is 0.199 e. The molecule has 0 nitrogen and oxygen atoms in total. The van der Waals surface area contributed by atoms with E-state index in [9.17, 15) is 57.1 Å². The zero-order valence-electron chi connectivity index (χ0n) is 10.3. The molecule has 0 spiro atoms. The van der Waals surface area contributed by atoms with Gasteiger partial charge in [0.25, 0.3) is 0 Å². The Morgan fingerprint density at radius 2 is 0.773 bits per heavy atom. The standard InChI is InChI=1S/C9H7F13/c1-4(2-5(10,11)12,3-6(13,14)15)7(16,17)8(18,19)9(20,21)22/h2-3H2,1H3. The zero-order valence-corrected chi connectivity index (χ0v) is 10.3. The molecular formula is C9H7F13. The lowest BCUT2D eigenvalue weighted by molar-refractivity contribution is -0.390. The summed E-state index contributed by atoms with van der Waals surface area (Å²) in [6.45, 7) is -0.617. The van der Waals surface area contributed by atoms with Crippen molar-refractivity contribution in [2.24, 2.45) is 5.41 Å². The van der Waals surface area contributed by atoms with E-state index < -0.39 is 55.6 Å². The zero-order chi connectivity index (χ0) is 18.4. The van der Waals surface area contributed by atoms with Crippen LogP contribution < -0.4 is 0 Å². The lowest BCUT2D eigenvalue weighted by Crippen LogP contribution is -2.61. The lowest BCUT2D eigenvalue weighted by Gasteiger charge is -2.42. The van der Waals surface area contributed by atoms with E-state index in [1.165, 1.54) is 0 Å². The maximum Gasteiger partial charge on any atom is 0.459 e. The van der Waals surface area contributed by atoms with Gasteiger partial charge in [0.1, 0.15) is 0 Å². The molecule has 0 radical (unpaired) electrons. The van der Waals surface area contributed by atoms with Gasteiger partial charge in [-0.25, -0.2) is 0 Å². The molecule has 0 N–H and O–H groups in total. The van der Waals surface area contributed by atoms with Crippen LogP contribution in [-0.2, 0) is 0 Å². The Kier molecular flexibility index (Phi) is 5.10. The van der Waals surface area contributed by atoms with Crippen LogP contribution >= 0.6 is 0 Å². The predicted molar refractivity (Wildman–Crippen MR) is 45.4 cm³/mol. The molecule has 22 heavy (non-hydrogen) atoms. The molecule has 0 aliphatic rings. The second-order valence-electron chi connectivity index (χ2n) is 4.79. The summed E-state index contributed by atoms with van der Waals surface area (Å²) in [6, 6.07) is 0. The van der Waals surface area contributed by atoms with Crippen molar-refractivity contribution in [2.75, 3.05) is 0 Å². The highest BCUT2D eigenvalue weighted by Gasteiger charge is 2.79. The normalized spacial score (nSPS) is 16.1. The first-order valence-electron chi connectivity index (χ1n) is 5.12. The van der Waals surface area contributed by atoms with E-state index in [0.717, 1.165) is 0 Å². The lowest BCUT2D eigenvalue weighted by atomic mass is 9.73. The Bertz CT molecular complexity index is 366. The highest BCUT2D eigenvalue weighted by atomic mass is 19.4. The van der Waals surface area contributed by atoms with Crippen LogP contribution in [0.2, 0.25) is 0 Å². The van der Waals surface area contributed by atoms with Gasteiger partial charge in [-0.05, 0) is 0 Å². The summed E-state index contributed by atoms with van der Waals surface area (Å²) >= 11 is 0. The van der Waals surface area contributed by atoms with Gasteiger partial charge in [0.05, 0.1) is 18.3 Å². The molecule has 13 heteroatoms. The minimum absolute atomic E-state index is 0.617. The Balaban J connectivity index is 6.07. The van der Waals surface area contributed by atoms with Gasteiger partial charge >= 0.3 is 30.4 Å². The van der Waals surface area contributed by atoms with Gasteiger partial charge in [-0.15, -0.1) is 0 Å². The maximum absolute atomic E-state index is 13.3. The van der Waals surface area contributed by atoms with Crippen LogP contribution in [0, 0.1) is 5.41 Å². The monoisotopic (exact) mass is 362 g/mol. The molecule has 0 rings (SSSR count). The molecule has 134 valence electrons. The van der Waals surface area contributed by atoms with Gasteiger partial charge in [-0.2, -0.15) is 57.1 Å². The van der Waals surface area contributed by atoms with E-state index in [1.807, 2.05) is 0 Å². The Morgan fingerprint density at radius 3 is 0.955 bits per heavy atom. The third kappa shape index (κ3) is 4.31. The molecule has 0 saturated carbocycles. The van der Waals surface area contributed by atoms with Crippen LogP contribution in [0.5, 0.6) is 0 Å². The molecule has 0 bridgehead atoms. The van der Waals surface area contributed by atoms with Crippen LogP contribution in [0.3, 0.4) is 0 Å². The number of alkyl halides is 13. The van der Waals surface area contributed by atoms with E-state index in [0.29, 0.717) is 0 Å². The molecule has 0 fully saturated rings. The summed E-state index contributed by atoms with van der Waals surface area (Å²) in [5.74, 6) is -13.7. The van der Waals surface area contributed by atoms with Gasteiger partial charge in [-0.3, -0.25) is 0 Å².